The van der Waals surface area contributed by atoms with E-state index in [1.807, 2.05) is 0 Å². The zero-order chi connectivity index (χ0) is 13.8. The highest BCUT2D eigenvalue weighted by Crippen LogP contribution is 2.25. The van der Waals surface area contributed by atoms with Gasteiger partial charge in [0.1, 0.15) is 5.75 Å². The first kappa shape index (κ1) is 13.9. The summed E-state index contributed by atoms with van der Waals surface area (Å²) < 4.78 is 5.22. The van der Waals surface area contributed by atoms with E-state index < -0.39 is 0 Å². The number of piperazine rings is 1. The molecule has 20 heavy (non-hydrogen) atoms. The van der Waals surface area contributed by atoms with E-state index in [-0.39, 0.29) is 0 Å². The molecule has 110 valence electrons. The van der Waals surface area contributed by atoms with Gasteiger partial charge >= 0.3 is 0 Å². The van der Waals surface area contributed by atoms with Gasteiger partial charge in [0.05, 0.1) is 7.11 Å². The van der Waals surface area contributed by atoms with Crippen molar-refractivity contribution in [3.63, 3.8) is 0 Å². The molecule has 2 atom stereocenters. The smallest absolute Gasteiger partial charge is 0.118 e. The fourth-order valence-corrected chi connectivity index (χ4v) is 3.69. The monoisotopic (exact) mass is 274 g/mol. The Morgan fingerprint density at radius 1 is 1.20 bits per heavy atom. The lowest BCUT2D eigenvalue weighted by molar-refractivity contribution is 0.0893. The molecule has 2 fully saturated rings. The molecule has 1 saturated carbocycles. The molecule has 0 aromatic heterocycles. The highest BCUT2D eigenvalue weighted by atomic mass is 16.5. The van der Waals surface area contributed by atoms with Crippen molar-refractivity contribution in [2.75, 3.05) is 26.7 Å². The molecule has 1 saturated heterocycles. The van der Waals surface area contributed by atoms with Crippen molar-refractivity contribution in [1.29, 1.82) is 0 Å². The quantitative estimate of drug-likeness (QED) is 0.913. The zero-order valence-electron chi connectivity index (χ0n) is 12.5. The van der Waals surface area contributed by atoms with E-state index in [2.05, 4.69) is 34.5 Å². The van der Waals surface area contributed by atoms with E-state index in [4.69, 9.17) is 4.74 Å². The maximum absolute atomic E-state index is 5.22. The summed E-state index contributed by atoms with van der Waals surface area (Å²) in [6.45, 7) is 3.55. The Morgan fingerprint density at radius 2 is 2.00 bits per heavy atom. The number of ether oxygens (including phenoxy) is 1. The second-order valence-electron chi connectivity index (χ2n) is 6.05. The summed E-state index contributed by atoms with van der Waals surface area (Å²) in [4.78, 5) is 2.71. The summed E-state index contributed by atoms with van der Waals surface area (Å²) in [5, 5.41) is 3.71. The van der Waals surface area contributed by atoms with Gasteiger partial charge < -0.3 is 10.1 Å². The van der Waals surface area contributed by atoms with Crippen molar-refractivity contribution < 1.29 is 4.74 Å². The normalized spacial score (nSPS) is 27.1. The van der Waals surface area contributed by atoms with Crippen LogP contribution in [0.3, 0.4) is 0 Å². The number of hydrogen-bond donors (Lipinski definition) is 1. The molecule has 2 unspecified atom stereocenters. The molecule has 2 aliphatic rings. The molecule has 1 aromatic carbocycles. The molecule has 1 heterocycles. The van der Waals surface area contributed by atoms with Crippen LogP contribution in [0.4, 0.5) is 0 Å². The van der Waals surface area contributed by atoms with Gasteiger partial charge in [-0.15, -0.1) is 0 Å². The van der Waals surface area contributed by atoms with Crippen LogP contribution >= 0.6 is 0 Å². The van der Waals surface area contributed by atoms with Gasteiger partial charge in [0.2, 0.25) is 0 Å². The highest BCUT2D eigenvalue weighted by molar-refractivity contribution is 5.27. The van der Waals surface area contributed by atoms with E-state index in [1.165, 1.54) is 44.3 Å². The molecule has 0 bridgehead atoms. The number of nitrogens with zero attached hydrogens (tertiary/aromatic N) is 1. The average molecular weight is 274 g/mol. The van der Waals surface area contributed by atoms with Gasteiger partial charge in [0.25, 0.3) is 0 Å². The Labute approximate surface area is 122 Å². The molecule has 1 aromatic rings. The molecule has 1 aliphatic carbocycles. The predicted molar refractivity (Wildman–Crippen MR) is 82.3 cm³/mol. The highest BCUT2D eigenvalue weighted by Gasteiger charge is 2.32. The van der Waals surface area contributed by atoms with Gasteiger partial charge in [-0.25, -0.2) is 0 Å². The van der Waals surface area contributed by atoms with E-state index >= 15 is 0 Å². The van der Waals surface area contributed by atoms with Crippen LogP contribution in [-0.2, 0) is 6.42 Å². The molecule has 3 rings (SSSR count). The Hall–Kier alpha value is -1.06. The number of methoxy groups -OCH3 is 1. The van der Waals surface area contributed by atoms with Crippen molar-refractivity contribution in [3.8, 4) is 5.75 Å². The molecule has 3 heteroatoms. The van der Waals surface area contributed by atoms with Gasteiger partial charge in [-0.3, -0.25) is 4.90 Å². The van der Waals surface area contributed by atoms with Crippen LogP contribution in [0.2, 0.25) is 0 Å². The number of fused-ring (bicyclic) bond motifs is 1. The maximum atomic E-state index is 5.22. The van der Waals surface area contributed by atoms with Crippen molar-refractivity contribution in [3.05, 3.63) is 29.8 Å². The number of benzene rings is 1. The molecule has 0 spiro atoms. The van der Waals surface area contributed by atoms with Crippen LogP contribution in [0.1, 0.15) is 31.2 Å². The van der Waals surface area contributed by atoms with Gasteiger partial charge in [-0.05, 0) is 37.0 Å². The molecule has 3 nitrogen and oxygen atoms in total. The molecule has 0 amide bonds. The molecule has 1 aliphatic heterocycles. The zero-order valence-corrected chi connectivity index (χ0v) is 12.5. The minimum absolute atomic E-state index is 0.744. The second-order valence-corrected chi connectivity index (χ2v) is 6.05. The van der Waals surface area contributed by atoms with Crippen molar-refractivity contribution in [1.82, 2.24) is 10.2 Å². The van der Waals surface area contributed by atoms with E-state index in [0.29, 0.717) is 0 Å². The van der Waals surface area contributed by atoms with E-state index in [0.717, 1.165) is 30.8 Å². The molecule has 0 radical (unpaired) electrons. The SMILES string of the molecule is COc1ccc(CCN2CCNC3CCCCC32)cc1. The summed E-state index contributed by atoms with van der Waals surface area (Å²) in [5.74, 6) is 0.947. The summed E-state index contributed by atoms with van der Waals surface area (Å²) in [7, 11) is 1.72. The van der Waals surface area contributed by atoms with E-state index in [9.17, 15) is 0 Å². The summed E-state index contributed by atoms with van der Waals surface area (Å²) in [5.41, 5.74) is 1.41. The van der Waals surface area contributed by atoms with Crippen LogP contribution in [0.15, 0.2) is 24.3 Å². The maximum Gasteiger partial charge on any atom is 0.118 e. The first-order chi connectivity index (χ1) is 9.86. The lowest BCUT2D eigenvalue weighted by Crippen LogP contribution is -2.59. The lowest BCUT2D eigenvalue weighted by Gasteiger charge is -2.44. The van der Waals surface area contributed by atoms with Gasteiger partial charge in [-0.2, -0.15) is 0 Å². The Morgan fingerprint density at radius 3 is 2.80 bits per heavy atom. The number of nitrogens with one attached hydrogen (secondary N) is 1. The van der Waals surface area contributed by atoms with Crippen LogP contribution in [0.25, 0.3) is 0 Å². The first-order valence-corrected chi connectivity index (χ1v) is 7.97. The predicted octanol–water partition coefficient (Wildman–Crippen LogP) is 2.45. The van der Waals surface area contributed by atoms with E-state index in [1.54, 1.807) is 7.11 Å². The average Bonchev–Trinajstić information content (AvgIpc) is 2.53. The summed E-state index contributed by atoms with van der Waals surface area (Å²) in [6, 6.07) is 10.0. The number of hydrogen-bond acceptors (Lipinski definition) is 3. The van der Waals surface area contributed by atoms with Crippen LogP contribution < -0.4 is 10.1 Å². The van der Waals surface area contributed by atoms with Crippen molar-refractivity contribution in [2.45, 2.75) is 44.2 Å². The van der Waals surface area contributed by atoms with Crippen molar-refractivity contribution in [2.24, 2.45) is 0 Å². The third kappa shape index (κ3) is 3.15. The van der Waals surface area contributed by atoms with Crippen LogP contribution in [0.5, 0.6) is 5.75 Å². The van der Waals surface area contributed by atoms with Crippen LogP contribution in [0, 0.1) is 0 Å². The minimum Gasteiger partial charge on any atom is -0.497 e. The summed E-state index contributed by atoms with van der Waals surface area (Å²) >= 11 is 0. The fraction of sp³-hybridized carbons (Fsp3) is 0.647. The summed E-state index contributed by atoms with van der Waals surface area (Å²) in [6.07, 6.45) is 6.69. The standard InChI is InChI=1S/C17H26N2O/c1-20-15-8-6-14(7-9-15)10-12-19-13-11-18-16-4-2-3-5-17(16)19/h6-9,16-18H,2-5,10-13H2,1H3. The molecular formula is C17H26N2O. The fourth-order valence-electron chi connectivity index (χ4n) is 3.69. The van der Waals surface area contributed by atoms with Crippen molar-refractivity contribution >= 4 is 0 Å². The van der Waals surface area contributed by atoms with Gasteiger partial charge in [-0.1, -0.05) is 25.0 Å². The Bertz CT molecular complexity index is 416. The molecular weight excluding hydrogens is 248 g/mol. The molecule has 1 N–H and O–H groups in total. The van der Waals surface area contributed by atoms with Gasteiger partial charge in [0, 0.05) is 31.7 Å². The first-order valence-electron chi connectivity index (χ1n) is 7.97. The largest absolute Gasteiger partial charge is 0.497 e. The Kier molecular flexibility index (Phi) is 4.58. The second kappa shape index (κ2) is 6.59. The Balaban J connectivity index is 1.56. The topological polar surface area (TPSA) is 24.5 Å². The number of rotatable bonds is 4. The minimum atomic E-state index is 0.744. The lowest BCUT2D eigenvalue weighted by atomic mass is 9.87. The van der Waals surface area contributed by atoms with Crippen LogP contribution in [-0.4, -0.2) is 43.7 Å². The third-order valence-corrected chi connectivity index (χ3v) is 4.85. The third-order valence-electron chi connectivity index (χ3n) is 4.85. The van der Waals surface area contributed by atoms with Gasteiger partial charge in [0.15, 0.2) is 0 Å².